The number of thiazole rings is 1. The van der Waals surface area contributed by atoms with E-state index >= 15 is 0 Å². The molecule has 0 unspecified atom stereocenters. The summed E-state index contributed by atoms with van der Waals surface area (Å²) in [7, 11) is 1.63. The fourth-order valence-electron chi connectivity index (χ4n) is 2.60. The van der Waals surface area contributed by atoms with Gasteiger partial charge in [-0.15, -0.1) is 35.3 Å². The molecule has 7 nitrogen and oxygen atoms in total. The van der Waals surface area contributed by atoms with Crippen LogP contribution in [0, 0.1) is 0 Å². The summed E-state index contributed by atoms with van der Waals surface area (Å²) >= 11 is 1.58. The van der Waals surface area contributed by atoms with E-state index in [-0.39, 0.29) is 48.5 Å². The van der Waals surface area contributed by atoms with Crippen molar-refractivity contribution >= 4 is 41.3 Å². The summed E-state index contributed by atoms with van der Waals surface area (Å²) in [6.45, 7) is 4.17. The van der Waals surface area contributed by atoms with Crippen LogP contribution in [-0.4, -0.2) is 31.4 Å². The van der Waals surface area contributed by atoms with Gasteiger partial charge < -0.3 is 24.8 Å². The molecule has 11 heteroatoms. The van der Waals surface area contributed by atoms with E-state index in [2.05, 4.69) is 46.1 Å². The number of nitrogens with one attached hydrogen (secondary N) is 2. The first-order valence-corrected chi connectivity index (χ1v) is 9.91. The summed E-state index contributed by atoms with van der Waals surface area (Å²) in [5.41, 5.74) is 1.54. The minimum absolute atomic E-state index is 0. The Hall–Kier alpha value is -1.89. The highest BCUT2D eigenvalue weighted by atomic mass is 127. The van der Waals surface area contributed by atoms with Crippen molar-refractivity contribution in [2.45, 2.75) is 45.9 Å². The van der Waals surface area contributed by atoms with Crippen molar-refractivity contribution < 1.29 is 23.0 Å². The number of aromatic nitrogens is 1. The Labute approximate surface area is 195 Å². The molecular weight excluding hydrogens is 529 g/mol. The van der Waals surface area contributed by atoms with Gasteiger partial charge in [0.15, 0.2) is 17.5 Å². The third-order valence-corrected chi connectivity index (χ3v) is 5.02. The average molecular weight is 554 g/mol. The lowest BCUT2D eigenvalue weighted by Crippen LogP contribution is -2.36. The molecule has 2 heterocycles. The van der Waals surface area contributed by atoms with Gasteiger partial charge in [0, 0.05) is 36.0 Å². The Kier molecular flexibility index (Phi) is 8.47. The number of halogens is 3. The summed E-state index contributed by atoms with van der Waals surface area (Å²) in [6, 6.07) is 3.03. The largest absolute Gasteiger partial charge is 0.454 e. The quantitative estimate of drug-likeness (QED) is 0.316. The van der Waals surface area contributed by atoms with Crippen LogP contribution in [0.15, 0.2) is 22.5 Å². The molecule has 1 aliphatic rings. The third kappa shape index (κ3) is 6.30. The van der Waals surface area contributed by atoms with Gasteiger partial charge >= 0.3 is 6.61 Å². The first kappa shape index (κ1) is 24.4. The Morgan fingerprint density at radius 2 is 1.90 bits per heavy atom. The van der Waals surface area contributed by atoms with Gasteiger partial charge in [-0.25, -0.2) is 4.98 Å². The zero-order valence-electron chi connectivity index (χ0n) is 17.1. The predicted molar refractivity (Wildman–Crippen MR) is 122 cm³/mol. The van der Waals surface area contributed by atoms with Crippen LogP contribution in [-0.2, 0) is 18.5 Å². The SMILES string of the molecule is CN=C(NCc1nc(C(C)(C)C)cs1)NCc1cc2c(cc1OC(F)F)OCO2.I. The number of nitrogens with zero attached hydrogens (tertiary/aromatic N) is 2. The molecule has 0 spiro atoms. The lowest BCUT2D eigenvalue weighted by molar-refractivity contribution is -0.0505. The molecule has 1 aliphatic heterocycles. The highest BCUT2D eigenvalue weighted by Gasteiger charge is 2.20. The normalized spacial score (nSPS) is 13.2. The number of benzene rings is 1. The van der Waals surface area contributed by atoms with Gasteiger partial charge in [-0.3, -0.25) is 4.99 Å². The van der Waals surface area contributed by atoms with Crippen molar-refractivity contribution in [3.05, 3.63) is 33.8 Å². The van der Waals surface area contributed by atoms with Crippen molar-refractivity contribution in [3.63, 3.8) is 0 Å². The molecule has 2 N–H and O–H groups in total. The molecule has 0 saturated heterocycles. The smallest absolute Gasteiger partial charge is 0.387 e. The number of hydrogen-bond acceptors (Lipinski definition) is 6. The zero-order valence-corrected chi connectivity index (χ0v) is 20.3. The van der Waals surface area contributed by atoms with E-state index in [4.69, 9.17) is 9.47 Å². The third-order valence-electron chi connectivity index (χ3n) is 4.17. The average Bonchev–Trinajstić information content (AvgIpc) is 3.29. The Morgan fingerprint density at radius 3 is 2.50 bits per heavy atom. The minimum Gasteiger partial charge on any atom is -0.454 e. The molecule has 30 heavy (non-hydrogen) atoms. The molecule has 0 bridgehead atoms. The highest BCUT2D eigenvalue weighted by molar-refractivity contribution is 14.0. The van der Waals surface area contributed by atoms with E-state index in [1.165, 1.54) is 6.07 Å². The lowest BCUT2D eigenvalue weighted by Gasteiger charge is -2.15. The summed E-state index contributed by atoms with van der Waals surface area (Å²) in [5, 5.41) is 9.25. The van der Waals surface area contributed by atoms with E-state index in [0.29, 0.717) is 29.6 Å². The van der Waals surface area contributed by atoms with Gasteiger partial charge in [0.1, 0.15) is 10.8 Å². The molecule has 0 radical (unpaired) electrons. The maximum atomic E-state index is 12.8. The molecule has 1 aromatic carbocycles. The van der Waals surface area contributed by atoms with Gasteiger partial charge in [-0.1, -0.05) is 20.8 Å². The van der Waals surface area contributed by atoms with Crippen LogP contribution in [0.1, 0.15) is 37.0 Å². The second-order valence-electron chi connectivity index (χ2n) is 7.35. The van der Waals surface area contributed by atoms with E-state index in [1.807, 2.05) is 5.38 Å². The van der Waals surface area contributed by atoms with Crippen LogP contribution < -0.4 is 24.8 Å². The molecule has 0 amide bonds. The molecule has 0 fully saturated rings. The van der Waals surface area contributed by atoms with Gasteiger partial charge in [-0.05, 0) is 6.07 Å². The van der Waals surface area contributed by atoms with E-state index < -0.39 is 6.61 Å². The Morgan fingerprint density at radius 1 is 1.23 bits per heavy atom. The first-order valence-electron chi connectivity index (χ1n) is 9.03. The van der Waals surface area contributed by atoms with E-state index in [1.54, 1.807) is 24.5 Å². The van der Waals surface area contributed by atoms with Crippen molar-refractivity contribution in [3.8, 4) is 17.2 Å². The van der Waals surface area contributed by atoms with Gasteiger partial charge in [0.2, 0.25) is 6.79 Å². The summed E-state index contributed by atoms with van der Waals surface area (Å²) in [4.78, 5) is 8.79. The zero-order chi connectivity index (χ0) is 21.0. The van der Waals surface area contributed by atoms with Crippen LogP contribution in [0.2, 0.25) is 0 Å². The molecule has 0 saturated carbocycles. The van der Waals surface area contributed by atoms with Gasteiger partial charge in [0.05, 0.1) is 12.2 Å². The molecule has 0 atom stereocenters. The van der Waals surface area contributed by atoms with E-state index in [9.17, 15) is 8.78 Å². The Bertz CT molecular complexity index is 887. The second kappa shape index (κ2) is 10.4. The molecule has 3 rings (SSSR count). The maximum absolute atomic E-state index is 12.8. The number of rotatable bonds is 6. The monoisotopic (exact) mass is 554 g/mol. The van der Waals surface area contributed by atoms with Crippen molar-refractivity contribution in [2.24, 2.45) is 4.99 Å². The van der Waals surface area contributed by atoms with Crippen molar-refractivity contribution in [2.75, 3.05) is 13.8 Å². The minimum atomic E-state index is -2.94. The maximum Gasteiger partial charge on any atom is 0.387 e. The number of fused-ring (bicyclic) bond motifs is 1. The van der Waals surface area contributed by atoms with Crippen LogP contribution in [0.25, 0.3) is 0 Å². The standard InChI is InChI=1S/C19H24F2N4O3S.HI/c1-19(2,3)15-9-29-16(25-15)8-24-18(22-4)23-7-11-5-13-14(27-10-26-13)6-12(11)28-17(20)21;/h5-6,9,17H,7-8,10H2,1-4H3,(H2,22,23,24);1H. The van der Waals surface area contributed by atoms with Crippen molar-refractivity contribution in [1.29, 1.82) is 0 Å². The Balaban J connectivity index is 0.00000320. The number of alkyl halides is 2. The van der Waals surface area contributed by atoms with Gasteiger partial charge in [0.25, 0.3) is 0 Å². The number of hydrogen-bond donors (Lipinski definition) is 2. The number of ether oxygens (including phenoxy) is 3. The highest BCUT2D eigenvalue weighted by Crippen LogP contribution is 2.38. The first-order chi connectivity index (χ1) is 13.8. The van der Waals surface area contributed by atoms with Crippen LogP contribution in [0.4, 0.5) is 8.78 Å². The van der Waals surface area contributed by atoms with Gasteiger partial charge in [-0.2, -0.15) is 8.78 Å². The van der Waals surface area contributed by atoms with Crippen molar-refractivity contribution in [1.82, 2.24) is 15.6 Å². The lowest BCUT2D eigenvalue weighted by atomic mass is 9.93. The number of guanidine groups is 1. The molecule has 2 aromatic rings. The molecule has 166 valence electrons. The topological polar surface area (TPSA) is 77.0 Å². The van der Waals surface area contributed by atoms with Crippen LogP contribution >= 0.6 is 35.3 Å². The van der Waals surface area contributed by atoms with Crippen LogP contribution in [0.5, 0.6) is 17.2 Å². The summed E-state index contributed by atoms with van der Waals surface area (Å²) < 4.78 is 40.7. The van der Waals surface area contributed by atoms with Crippen LogP contribution in [0.3, 0.4) is 0 Å². The summed E-state index contributed by atoms with van der Waals surface area (Å²) in [6.07, 6.45) is 0. The van der Waals surface area contributed by atoms with E-state index in [0.717, 1.165) is 10.7 Å². The number of aliphatic imine (C=N–C) groups is 1. The molecule has 1 aromatic heterocycles. The molecule has 0 aliphatic carbocycles. The molecular formula is C19H25F2IN4O3S. The summed E-state index contributed by atoms with van der Waals surface area (Å²) in [5.74, 6) is 1.41. The fourth-order valence-corrected chi connectivity index (χ4v) is 3.57. The second-order valence-corrected chi connectivity index (χ2v) is 8.29. The predicted octanol–water partition coefficient (Wildman–Crippen LogP) is 4.25. The fraction of sp³-hybridized carbons (Fsp3) is 0.474.